The van der Waals surface area contributed by atoms with Gasteiger partial charge in [0, 0.05) is 12.2 Å². The van der Waals surface area contributed by atoms with E-state index in [1.165, 1.54) is 17.7 Å². The lowest BCUT2D eigenvalue weighted by Crippen LogP contribution is -2.27. The Hall–Kier alpha value is -2.69. The molecule has 5 heteroatoms. The molecule has 25 heavy (non-hydrogen) atoms. The minimum atomic E-state index is -0.381. The molecular weight excluding hydrogens is 319 g/mol. The van der Waals surface area contributed by atoms with Crippen LogP contribution in [0.2, 0.25) is 0 Å². The zero-order valence-corrected chi connectivity index (χ0v) is 14.7. The number of amides is 2. The normalized spacial score (nSPS) is 11.0. The van der Waals surface area contributed by atoms with Crippen LogP contribution in [0.25, 0.3) is 0 Å². The highest BCUT2D eigenvalue weighted by Gasteiger charge is 2.14. The Morgan fingerprint density at radius 1 is 0.920 bits per heavy atom. The Morgan fingerprint density at radius 3 is 2.08 bits per heavy atom. The van der Waals surface area contributed by atoms with Crippen LogP contribution in [0.1, 0.15) is 38.3 Å². The van der Waals surface area contributed by atoms with Crippen molar-refractivity contribution in [2.75, 3.05) is 5.32 Å². The molecule has 0 aliphatic carbocycles. The van der Waals surface area contributed by atoms with Crippen molar-refractivity contribution in [1.29, 1.82) is 0 Å². The fourth-order valence-electron chi connectivity index (χ4n) is 2.27. The summed E-state index contributed by atoms with van der Waals surface area (Å²) < 4.78 is 12.8. The average Bonchev–Trinajstić information content (AvgIpc) is 2.54. The number of carbonyl (C=O) groups is 2. The first-order valence-electron chi connectivity index (χ1n) is 8.15. The molecule has 0 spiro atoms. The third-order valence-electron chi connectivity index (χ3n) is 3.76. The van der Waals surface area contributed by atoms with Crippen molar-refractivity contribution in [3.8, 4) is 0 Å². The molecule has 2 aromatic carbocycles. The fourth-order valence-corrected chi connectivity index (χ4v) is 2.27. The highest BCUT2D eigenvalue weighted by Crippen LogP contribution is 2.23. The van der Waals surface area contributed by atoms with Gasteiger partial charge < -0.3 is 10.6 Å². The van der Waals surface area contributed by atoms with Crippen molar-refractivity contribution in [3.63, 3.8) is 0 Å². The third-order valence-corrected chi connectivity index (χ3v) is 3.76. The number of carbonyl (C=O) groups excluding carboxylic acids is 2. The Kier molecular flexibility index (Phi) is 5.91. The second kappa shape index (κ2) is 7.92. The van der Waals surface area contributed by atoms with Gasteiger partial charge in [0.1, 0.15) is 12.2 Å². The van der Waals surface area contributed by atoms with Gasteiger partial charge >= 0.3 is 0 Å². The van der Waals surface area contributed by atoms with Crippen LogP contribution >= 0.6 is 0 Å². The summed E-state index contributed by atoms with van der Waals surface area (Å²) in [6, 6.07) is 13.4. The molecule has 0 fully saturated rings. The van der Waals surface area contributed by atoms with E-state index in [4.69, 9.17) is 0 Å². The van der Waals surface area contributed by atoms with Crippen molar-refractivity contribution < 1.29 is 14.0 Å². The fraction of sp³-hybridized carbons (Fsp3) is 0.300. The summed E-state index contributed by atoms with van der Waals surface area (Å²) in [5.74, 6) is -1.08. The Bertz CT molecular complexity index is 732. The molecular formula is C20H23FN2O2. The van der Waals surface area contributed by atoms with Gasteiger partial charge in [0.05, 0.1) is 0 Å². The predicted octanol–water partition coefficient (Wildman–Crippen LogP) is 3.77. The Morgan fingerprint density at radius 2 is 1.52 bits per heavy atom. The van der Waals surface area contributed by atoms with E-state index >= 15 is 0 Å². The largest absolute Gasteiger partial charge is 0.352 e. The summed E-state index contributed by atoms with van der Waals surface area (Å²) in [6.07, 6.45) is -0.262. The third kappa shape index (κ3) is 6.03. The van der Waals surface area contributed by atoms with Crippen molar-refractivity contribution in [2.24, 2.45) is 0 Å². The summed E-state index contributed by atoms with van der Waals surface area (Å²) in [7, 11) is 0. The van der Waals surface area contributed by atoms with Gasteiger partial charge in [-0.1, -0.05) is 45.0 Å². The molecule has 2 amide bonds. The van der Waals surface area contributed by atoms with Gasteiger partial charge in [-0.2, -0.15) is 0 Å². The molecule has 132 valence electrons. The van der Waals surface area contributed by atoms with Crippen LogP contribution in [0, 0.1) is 5.82 Å². The smallest absolute Gasteiger partial charge is 0.233 e. The highest BCUT2D eigenvalue weighted by atomic mass is 19.1. The number of benzene rings is 2. The molecule has 2 aromatic rings. The molecule has 0 heterocycles. The van der Waals surface area contributed by atoms with Gasteiger partial charge in [-0.05, 0) is 40.8 Å². The minimum Gasteiger partial charge on any atom is -0.352 e. The second-order valence-corrected chi connectivity index (χ2v) is 6.96. The lowest BCUT2D eigenvalue weighted by atomic mass is 9.87. The second-order valence-electron chi connectivity index (χ2n) is 6.96. The average molecular weight is 342 g/mol. The first kappa shape index (κ1) is 18.6. The zero-order chi connectivity index (χ0) is 18.4. The van der Waals surface area contributed by atoms with Gasteiger partial charge in [-0.3, -0.25) is 9.59 Å². The molecule has 0 unspecified atom stereocenters. The van der Waals surface area contributed by atoms with E-state index in [1.54, 1.807) is 12.1 Å². The summed E-state index contributed by atoms with van der Waals surface area (Å²) in [4.78, 5) is 23.8. The summed E-state index contributed by atoms with van der Waals surface area (Å²) >= 11 is 0. The van der Waals surface area contributed by atoms with Gasteiger partial charge in [0.15, 0.2) is 0 Å². The summed E-state index contributed by atoms with van der Waals surface area (Å²) in [6.45, 7) is 6.61. The van der Waals surface area contributed by atoms with Crippen LogP contribution in [0.15, 0.2) is 48.5 Å². The monoisotopic (exact) mass is 342 g/mol. The Balaban J connectivity index is 1.81. The van der Waals surface area contributed by atoms with Crippen molar-refractivity contribution >= 4 is 17.5 Å². The Labute approximate surface area is 147 Å². The van der Waals surface area contributed by atoms with E-state index in [0.717, 1.165) is 5.56 Å². The molecule has 0 atom stereocenters. The SMILES string of the molecule is CC(C)(C)c1ccc(NC(=O)CC(=O)NCc2ccc(F)cc2)cc1. The molecule has 2 N–H and O–H groups in total. The lowest BCUT2D eigenvalue weighted by molar-refractivity contribution is -0.126. The summed E-state index contributed by atoms with van der Waals surface area (Å²) in [5, 5.41) is 5.35. The molecule has 0 saturated heterocycles. The van der Waals surface area contributed by atoms with Crippen LogP contribution in [-0.2, 0) is 21.5 Å². The maximum absolute atomic E-state index is 12.8. The van der Waals surface area contributed by atoms with E-state index in [0.29, 0.717) is 5.69 Å². The number of anilines is 1. The van der Waals surface area contributed by atoms with Crippen LogP contribution < -0.4 is 10.6 Å². The molecule has 0 aromatic heterocycles. The number of hydrogen-bond acceptors (Lipinski definition) is 2. The topological polar surface area (TPSA) is 58.2 Å². The van der Waals surface area contributed by atoms with E-state index in [2.05, 4.69) is 31.4 Å². The molecule has 0 bridgehead atoms. The molecule has 0 aliphatic heterocycles. The molecule has 2 rings (SSSR count). The molecule has 4 nitrogen and oxygen atoms in total. The molecule has 0 radical (unpaired) electrons. The van der Waals surface area contributed by atoms with Crippen LogP contribution in [0.5, 0.6) is 0 Å². The maximum Gasteiger partial charge on any atom is 0.233 e. The van der Waals surface area contributed by atoms with Gasteiger partial charge in [0.2, 0.25) is 11.8 Å². The number of hydrogen-bond donors (Lipinski definition) is 2. The van der Waals surface area contributed by atoms with Gasteiger partial charge in [-0.25, -0.2) is 4.39 Å². The van der Waals surface area contributed by atoms with Crippen molar-refractivity contribution in [2.45, 2.75) is 39.2 Å². The molecule has 0 saturated carbocycles. The quantitative estimate of drug-likeness (QED) is 0.813. The number of rotatable bonds is 5. The van der Waals surface area contributed by atoms with Crippen LogP contribution in [-0.4, -0.2) is 11.8 Å². The minimum absolute atomic E-state index is 0.0444. The first-order chi connectivity index (χ1) is 11.7. The van der Waals surface area contributed by atoms with Crippen molar-refractivity contribution in [1.82, 2.24) is 5.32 Å². The van der Waals surface area contributed by atoms with E-state index in [1.807, 2.05) is 24.3 Å². The predicted molar refractivity (Wildman–Crippen MR) is 96.6 cm³/mol. The molecule has 0 aliphatic rings. The van der Waals surface area contributed by atoms with E-state index in [9.17, 15) is 14.0 Å². The van der Waals surface area contributed by atoms with E-state index < -0.39 is 0 Å². The summed E-state index contributed by atoms with van der Waals surface area (Å²) in [5.41, 5.74) is 2.64. The highest BCUT2D eigenvalue weighted by molar-refractivity contribution is 6.03. The van der Waals surface area contributed by atoms with Gasteiger partial charge in [-0.15, -0.1) is 0 Å². The number of halogens is 1. The van der Waals surface area contributed by atoms with Gasteiger partial charge in [0.25, 0.3) is 0 Å². The zero-order valence-electron chi connectivity index (χ0n) is 14.7. The van der Waals surface area contributed by atoms with Crippen molar-refractivity contribution in [3.05, 3.63) is 65.5 Å². The van der Waals surface area contributed by atoms with Crippen LogP contribution in [0.4, 0.5) is 10.1 Å². The first-order valence-corrected chi connectivity index (χ1v) is 8.15. The van der Waals surface area contributed by atoms with E-state index in [-0.39, 0.29) is 36.0 Å². The van der Waals surface area contributed by atoms with Crippen LogP contribution in [0.3, 0.4) is 0 Å². The standard InChI is InChI=1S/C20H23FN2O2/c1-20(2,3)15-6-10-17(11-7-15)23-19(25)12-18(24)22-13-14-4-8-16(21)9-5-14/h4-11H,12-13H2,1-3H3,(H,22,24)(H,23,25). The number of nitrogens with one attached hydrogen (secondary N) is 2. The lowest BCUT2D eigenvalue weighted by Gasteiger charge is -2.19. The maximum atomic E-state index is 12.8.